The van der Waals surface area contributed by atoms with Crippen LogP contribution in [0.15, 0.2) is 52.7 Å². The third-order valence-electron chi connectivity index (χ3n) is 6.33. The molecule has 0 aliphatic carbocycles. The largest absolute Gasteiger partial charge is 0.489 e. The van der Waals surface area contributed by atoms with Crippen LogP contribution in [0.1, 0.15) is 52.0 Å². The Morgan fingerprint density at radius 2 is 1.77 bits per heavy atom. The first-order valence-electron chi connectivity index (χ1n) is 12.0. The SMILES string of the molecule is CC(C)Oc1ccc(S(N)(=O)=O)cc1Nc1nc(-c2ccc(C3CCN(C(C)C)CC3)cc2)cs1. The number of benzene rings is 2. The van der Waals surface area contributed by atoms with Crippen molar-refractivity contribution >= 4 is 32.2 Å². The Morgan fingerprint density at radius 1 is 1.09 bits per heavy atom. The van der Waals surface area contributed by atoms with Gasteiger partial charge in [0.1, 0.15) is 5.75 Å². The van der Waals surface area contributed by atoms with Gasteiger partial charge in [0.25, 0.3) is 0 Å². The molecule has 2 aromatic carbocycles. The minimum Gasteiger partial charge on any atom is -0.489 e. The van der Waals surface area contributed by atoms with Crippen LogP contribution in [0.5, 0.6) is 5.75 Å². The first-order chi connectivity index (χ1) is 16.6. The number of likely N-dealkylation sites (tertiary alicyclic amines) is 1. The Balaban J connectivity index is 1.49. The highest BCUT2D eigenvalue weighted by atomic mass is 32.2. The zero-order chi connectivity index (χ0) is 25.2. The van der Waals surface area contributed by atoms with Crippen LogP contribution in [0.4, 0.5) is 10.8 Å². The fraction of sp³-hybridized carbons (Fsp3) is 0.423. The third-order valence-corrected chi connectivity index (χ3v) is 7.99. The van der Waals surface area contributed by atoms with E-state index >= 15 is 0 Å². The molecule has 3 aromatic rings. The number of anilines is 2. The Kier molecular flexibility index (Phi) is 7.80. The van der Waals surface area contributed by atoms with E-state index in [0.29, 0.717) is 28.5 Å². The summed E-state index contributed by atoms with van der Waals surface area (Å²) >= 11 is 1.45. The second-order valence-electron chi connectivity index (χ2n) is 9.56. The summed E-state index contributed by atoms with van der Waals surface area (Å²) in [6.45, 7) is 10.7. The van der Waals surface area contributed by atoms with Crippen LogP contribution in [-0.4, -0.2) is 43.5 Å². The summed E-state index contributed by atoms with van der Waals surface area (Å²) in [6.07, 6.45) is 2.32. The van der Waals surface area contributed by atoms with Gasteiger partial charge >= 0.3 is 0 Å². The molecule has 1 fully saturated rings. The van der Waals surface area contributed by atoms with Crippen molar-refractivity contribution in [1.29, 1.82) is 0 Å². The van der Waals surface area contributed by atoms with Crippen molar-refractivity contribution in [3.8, 4) is 17.0 Å². The molecule has 1 aromatic heterocycles. The van der Waals surface area contributed by atoms with Gasteiger partial charge in [-0.05, 0) is 83.3 Å². The number of hydrogen-bond acceptors (Lipinski definition) is 7. The van der Waals surface area contributed by atoms with Crippen molar-refractivity contribution in [2.45, 2.75) is 63.5 Å². The Morgan fingerprint density at radius 3 is 2.37 bits per heavy atom. The summed E-state index contributed by atoms with van der Waals surface area (Å²) in [5.41, 5.74) is 3.82. The minimum atomic E-state index is -3.84. The average Bonchev–Trinajstić information content (AvgIpc) is 3.28. The highest BCUT2D eigenvalue weighted by molar-refractivity contribution is 7.89. The van der Waals surface area contributed by atoms with E-state index in [4.69, 9.17) is 14.9 Å². The van der Waals surface area contributed by atoms with Crippen LogP contribution >= 0.6 is 11.3 Å². The molecule has 3 N–H and O–H groups in total. The lowest BCUT2D eigenvalue weighted by molar-refractivity contribution is 0.172. The molecule has 0 spiro atoms. The smallest absolute Gasteiger partial charge is 0.238 e. The molecule has 7 nitrogen and oxygen atoms in total. The van der Waals surface area contributed by atoms with Crippen LogP contribution < -0.4 is 15.2 Å². The fourth-order valence-electron chi connectivity index (χ4n) is 4.39. The summed E-state index contributed by atoms with van der Waals surface area (Å²) in [6, 6.07) is 13.9. The van der Waals surface area contributed by atoms with Gasteiger partial charge in [0.2, 0.25) is 10.0 Å². The molecule has 0 saturated carbocycles. The molecule has 4 rings (SSSR count). The number of primary sulfonamides is 1. The minimum absolute atomic E-state index is 0.0164. The number of nitrogens with one attached hydrogen (secondary N) is 1. The normalized spacial score (nSPS) is 15.6. The number of thiazole rings is 1. The molecule has 1 aliphatic heterocycles. The van der Waals surface area contributed by atoms with Gasteiger partial charge in [-0.2, -0.15) is 0 Å². The van der Waals surface area contributed by atoms with Crippen LogP contribution in [-0.2, 0) is 10.0 Å². The molecule has 188 valence electrons. The molecule has 0 unspecified atom stereocenters. The van der Waals surface area contributed by atoms with Crippen LogP contribution in [0, 0.1) is 0 Å². The lowest BCUT2D eigenvalue weighted by Gasteiger charge is -2.34. The number of piperidine rings is 1. The van der Waals surface area contributed by atoms with Crippen LogP contribution in [0.25, 0.3) is 11.3 Å². The zero-order valence-electron chi connectivity index (χ0n) is 20.7. The Labute approximate surface area is 212 Å². The number of ether oxygens (including phenoxy) is 1. The lowest BCUT2D eigenvalue weighted by atomic mass is 9.88. The number of rotatable bonds is 8. The second kappa shape index (κ2) is 10.7. The number of nitrogens with two attached hydrogens (primary N) is 1. The fourth-order valence-corrected chi connectivity index (χ4v) is 5.67. The average molecular weight is 515 g/mol. The van der Waals surface area contributed by atoms with Gasteiger partial charge in [0.15, 0.2) is 5.13 Å². The first-order valence-corrected chi connectivity index (χ1v) is 14.4. The number of aromatic nitrogens is 1. The van der Waals surface area contributed by atoms with Crippen molar-refractivity contribution in [2.75, 3.05) is 18.4 Å². The second-order valence-corrected chi connectivity index (χ2v) is 12.0. The van der Waals surface area contributed by atoms with E-state index in [-0.39, 0.29) is 11.0 Å². The monoisotopic (exact) mass is 514 g/mol. The van der Waals surface area contributed by atoms with Crippen molar-refractivity contribution in [3.63, 3.8) is 0 Å². The van der Waals surface area contributed by atoms with Gasteiger partial charge in [0.05, 0.1) is 22.4 Å². The van der Waals surface area contributed by atoms with Gasteiger partial charge < -0.3 is 15.0 Å². The molecule has 0 radical (unpaired) electrons. The summed E-state index contributed by atoms with van der Waals surface area (Å²) in [5.74, 6) is 1.15. The maximum absolute atomic E-state index is 11.8. The molecule has 0 atom stereocenters. The molecule has 0 amide bonds. The van der Waals surface area contributed by atoms with E-state index in [1.807, 2.05) is 19.2 Å². The van der Waals surface area contributed by atoms with Gasteiger partial charge in [0, 0.05) is 17.0 Å². The molecule has 1 saturated heterocycles. The van der Waals surface area contributed by atoms with Crippen LogP contribution in [0.3, 0.4) is 0 Å². The van der Waals surface area contributed by atoms with Gasteiger partial charge in [-0.15, -0.1) is 11.3 Å². The Hall–Kier alpha value is -2.46. The summed E-state index contributed by atoms with van der Waals surface area (Å²) in [5, 5.41) is 11.2. The maximum atomic E-state index is 11.8. The first kappa shape index (κ1) is 25.6. The van der Waals surface area contributed by atoms with Crippen molar-refractivity contribution < 1.29 is 13.2 Å². The summed E-state index contributed by atoms with van der Waals surface area (Å²) in [4.78, 5) is 7.29. The van der Waals surface area contributed by atoms with Gasteiger partial charge in [-0.25, -0.2) is 18.5 Å². The number of nitrogens with zero attached hydrogens (tertiary/aromatic N) is 2. The molecule has 2 heterocycles. The molecule has 35 heavy (non-hydrogen) atoms. The predicted octanol–water partition coefficient (Wildman–Crippen LogP) is 5.58. The molecular weight excluding hydrogens is 480 g/mol. The van der Waals surface area contributed by atoms with E-state index in [2.05, 4.69) is 48.3 Å². The standard InChI is InChI=1S/C26H34N4O3S2/c1-17(2)30-13-11-20(12-14-30)19-5-7-21(8-6-19)24-16-34-26(29-24)28-23-15-22(35(27,31)32)9-10-25(23)33-18(3)4/h5-10,15-18,20H,11-14H2,1-4H3,(H,28,29)(H2,27,31,32). The van der Waals surface area contributed by atoms with Crippen molar-refractivity contribution in [2.24, 2.45) is 5.14 Å². The van der Waals surface area contributed by atoms with Gasteiger partial charge in [-0.1, -0.05) is 24.3 Å². The highest BCUT2D eigenvalue weighted by Gasteiger charge is 2.22. The quantitative estimate of drug-likeness (QED) is 0.407. The summed E-state index contributed by atoms with van der Waals surface area (Å²) in [7, 11) is -3.84. The van der Waals surface area contributed by atoms with Crippen LogP contribution in [0.2, 0.25) is 0 Å². The Bertz CT molecular complexity index is 1250. The van der Waals surface area contributed by atoms with E-state index in [9.17, 15) is 8.42 Å². The zero-order valence-corrected chi connectivity index (χ0v) is 22.3. The maximum Gasteiger partial charge on any atom is 0.238 e. The highest BCUT2D eigenvalue weighted by Crippen LogP contribution is 2.35. The molecule has 0 bridgehead atoms. The van der Waals surface area contributed by atoms with Crippen molar-refractivity contribution in [1.82, 2.24) is 9.88 Å². The van der Waals surface area contributed by atoms with Crippen molar-refractivity contribution in [3.05, 3.63) is 53.4 Å². The lowest BCUT2D eigenvalue weighted by Crippen LogP contribution is -2.37. The number of hydrogen-bond donors (Lipinski definition) is 2. The third kappa shape index (κ3) is 6.41. The predicted molar refractivity (Wildman–Crippen MR) is 143 cm³/mol. The topological polar surface area (TPSA) is 97.5 Å². The summed E-state index contributed by atoms with van der Waals surface area (Å²) < 4.78 is 29.5. The van der Waals surface area contributed by atoms with E-state index in [1.165, 1.54) is 41.9 Å². The van der Waals surface area contributed by atoms with Gasteiger partial charge in [-0.3, -0.25) is 0 Å². The number of sulfonamides is 1. The molecular formula is C26H34N4O3S2. The van der Waals surface area contributed by atoms with E-state index < -0.39 is 10.0 Å². The molecule has 1 aliphatic rings. The molecule has 9 heteroatoms. The van der Waals surface area contributed by atoms with E-state index in [0.717, 1.165) is 24.3 Å². The van der Waals surface area contributed by atoms with E-state index in [1.54, 1.807) is 6.07 Å².